The summed E-state index contributed by atoms with van der Waals surface area (Å²) in [6, 6.07) is 8.06. The predicted octanol–water partition coefficient (Wildman–Crippen LogP) is 1.40. The molecule has 0 amide bonds. The number of ether oxygens (including phenoxy) is 1. The van der Waals surface area contributed by atoms with Crippen molar-refractivity contribution in [2.45, 2.75) is 18.9 Å². The minimum absolute atomic E-state index is 0.242. The van der Waals surface area contributed by atoms with Crippen molar-refractivity contribution < 1.29 is 4.74 Å². The summed E-state index contributed by atoms with van der Waals surface area (Å²) in [5.41, 5.74) is 1.63. The van der Waals surface area contributed by atoms with E-state index in [4.69, 9.17) is 4.74 Å². The lowest BCUT2D eigenvalue weighted by Gasteiger charge is -2.34. The van der Waals surface area contributed by atoms with E-state index in [0.29, 0.717) is 11.9 Å². The van der Waals surface area contributed by atoms with E-state index in [1.54, 1.807) is 0 Å². The Balaban J connectivity index is 1.65. The second-order valence-corrected chi connectivity index (χ2v) is 4.72. The Bertz CT molecular complexity index is 539. The molecule has 1 aliphatic rings. The van der Waals surface area contributed by atoms with Crippen LogP contribution >= 0.6 is 0 Å². The number of nitrogens with zero attached hydrogens (tertiary/aromatic N) is 3. The molecule has 1 aromatic carbocycles. The van der Waals surface area contributed by atoms with E-state index in [0.717, 1.165) is 30.4 Å². The number of benzene rings is 1. The highest BCUT2D eigenvalue weighted by molar-refractivity contribution is 5.73. The van der Waals surface area contributed by atoms with Crippen LogP contribution in [0.3, 0.4) is 0 Å². The Kier molecular flexibility index (Phi) is 3.06. The van der Waals surface area contributed by atoms with Gasteiger partial charge < -0.3 is 10.1 Å². The molecule has 5 nitrogen and oxygen atoms in total. The number of rotatable bonds is 4. The topological polar surface area (TPSA) is 59.9 Å². The van der Waals surface area contributed by atoms with Crippen LogP contribution in [0.2, 0.25) is 0 Å². The lowest BCUT2D eigenvalue weighted by atomic mass is 9.82. The molecule has 1 heterocycles. The largest absolute Gasteiger partial charge is 0.459 e. The third-order valence-electron chi connectivity index (χ3n) is 3.30. The number of hydrogen-bond acceptors (Lipinski definition) is 5. The third-order valence-corrected chi connectivity index (χ3v) is 3.30. The molecule has 0 saturated heterocycles. The molecule has 1 aromatic heterocycles. The monoisotopic (exact) mass is 244 g/mol. The van der Waals surface area contributed by atoms with Gasteiger partial charge in [0.2, 0.25) is 0 Å². The molecular weight excluding hydrogens is 228 g/mol. The van der Waals surface area contributed by atoms with Crippen LogP contribution in [-0.2, 0) is 0 Å². The van der Waals surface area contributed by atoms with Crippen molar-refractivity contribution in [3.63, 3.8) is 0 Å². The summed E-state index contributed by atoms with van der Waals surface area (Å²) in [6.07, 6.45) is 2.37. The Morgan fingerprint density at radius 3 is 2.78 bits per heavy atom. The van der Waals surface area contributed by atoms with E-state index in [1.807, 2.05) is 31.3 Å². The first-order valence-corrected chi connectivity index (χ1v) is 6.26. The summed E-state index contributed by atoms with van der Waals surface area (Å²) in [7, 11) is 1.98. The molecule has 0 aliphatic heterocycles. The second kappa shape index (κ2) is 4.86. The SMILES string of the molecule is CNCC1CC(Oc2nnc3ccccc3n2)C1. The summed E-state index contributed by atoms with van der Waals surface area (Å²) in [6.45, 7) is 1.05. The number of nitrogens with one attached hydrogen (secondary N) is 1. The number of aromatic nitrogens is 3. The van der Waals surface area contributed by atoms with Gasteiger partial charge in [0.25, 0.3) is 0 Å². The molecule has 1 N–H and O–H groups in total. The molecule has 2 aromatic rings. The molecular formula is C13H16N4O. The van der Waals surface area contributed by atoms with Crippen molar-refractivity contribution >= 4 is 11.0 Å². The Morgan fingerprint density at radius 1 is 1.22 bits per heavy atom. The van der Waals surface area contributed by atoms with Gasteiger partial charge in [-0.3, -0.25) is 0 Å². The van der Waals surface area contributed by atoms with Crippen LogP contribution < -0.4 is 10.1 Å². The highest BCUT2D eigenvalue weighted by atomic mass is 16.5. The summed E-state index contributed by atoms with van der Waals surface area (Å²) >= 11 is 0. The Labute approximate surface area is 106 Å². The first-order valence-electron chi connectivity index (χ1n) is 6.26. The van der Waals surface area contributed by atoms with Crippen molar-refractivity contribution in [3.05, 3.63) is 24.3 Å². The molecule has 3 rings (SSSR count). The van der Waals surface area contributed by atoms with Gasteiger partial charge in [0.1, 0.15) is 11.6 Å². The van der Waals surface area contributed by atoms with Gasteiger partial charge in [-0.2, -0.15) is 4.98 Å². The van der Waals surface area contributed by atoms with Crippen LogP contribution in [0.5, 0.6) is 6.01 Å². The summed E-state index contributed by atoms with van der Waals surface area (Å²) in [4.78, 5) is 4.36. The van der Waals surface area contributed by atoms with E-state index in [9.17, 15) is 0 Å². The van der Waals surface area contributed by atoms with E-state index in [-0.39, 0.29) is 6.10 Å². The maximum absolute atomic E-state index is 5.72. The second-order valence-electron chi connectivity index (χ2n) is 4.72. The lowest BCUT2D eigenvalue weighted by Crippen LogP contribution is -2.39. The first-order chi connectivity index (χ1) is 8.85. The highest BCUT2D eigenvalue weighted by Gasteiger charge is 2.30. The van der Waals surface area contributed by atoms with Crippen LogP contribution in [0.25, 0.3) is 11.0 Å². The molecule has 0 unspecified atom stereocenters. The van der Waals surface area contributed by atoms with Gasteiger partial charge >= 0.3 is 6.01 Å². The van der Waals surface area contributed by atoms with Gasteiger partial charge in [-0.25, -0.2) is 0 Å². The number of hydrogen-bond donors (Lipinski definition) is 1. The summed E-state index contributed by atoms with van der Waals surface area (Å²) in [5, 5.41) is 11.3. The van der Waals surface area contributed by atoms with Gasteiger partial charge in [0.15, 0.2) is 0 Å². The van der Waals surface area contributed by atoms with Gasteiger partial charge in [-0.15, -0.1) is 5.10 Å². The Hall–Kier alpha value is -1.75. The zero-order chi connectivity index (χ0) is 12.4. The fraction of sp³-hybridized carbons (Fsp3) is 0.462. The fourth-order valence-electron chi connectivity index (χ4n) is 2.29. The first kappa shape index (κ1) is 11.3. The molecule has 0 radical (unpaired) electrons. The molecule has 94 valence electrons. The van der Waals surface area contributed by atoms with Crippen LogP contribution in [-0.4, -0.2) is 34.9 Å². The smallest absolute Gasteiger partial charge is 0.336 e. The minimum atomic E-state index is 0.242. The molecule has 0 bridgehead atoms. The van der Waals surface area contributed by atoms with Crippen molar-refractivity contribution in [2.75, 3.05) is 13.6 Å². The van der Waals surface area contributed by atoms with Crippen molar-refractivity contribution in [1.82, 2.24) is 20.5 Å². The zero-order valence-electron chi connectivity index (χ0n) is 10.3. The van der Waals surface area contributed by atoms with Gasteiger partial charge in [-0.05, 0) is 44.5 Å². The van der Waals surface area contributed by atoms with E-state index in [2.05, 4.69) is 20.5 Å². The van der Waals surface area contributed by atoms with Gasteiger partial charge in [-0.1, -0.05) is 17.2 Å². The average molecular weight is 244 g/mol. The standard InChI is InChI=1S/C13H16N4O/c1-14-8-9-6-10(7-9)18-13-15-11-4-2-3-5-12(11)16-17-13/h2-5,9-10,14H,6-8H2,1H3. The van der Waals surface area contributed by atoms with Gasteiger partial charge in [0, 0.05) is 0 Å². The third kappa shape index (κ3) is 2.26. The van der Waals surface area contributed by atoms with Gasteiger partial charge in [0.05, 0.1) is 5.52 Å². The molecule has 5 heteroatoms. The van der Waals surface area contributed by atoms with Crippen LogP contribution in [0.4, 0.5) is 0 Å². The molecule has 1 fully saturated rings. The lowest BCUT2D eigenvalue weighted by molar-refractivity contribution is 0.0567. The molecule has 1 saturated carbocycles. The number of para-hydroxylation sites is 1. The van der Waals surface area contributed by atoms with Crippen LogP contribution in [0.1, 0.15) is 12.8 Å². The number of fused-ring (bicyclic) bond motifs is 1. The summed E-state index contributed by atoms with van der Waals surface area (Å²) < 4.78 is 5.72. The minimum Gasteiger partial charge on any atom is -0.459 e. The maximum atomic E-state index is 5.72. The van der Waals surface area contributed by atoms with E-state index in [1.165, 1.54) is 0 Å². The maximum Gasteiger partial charge on any atom is 0.336 e. The zero-order valence-corrected chi connectivity index (χ0v) is 10.3. The normalized spacial score (nSPS) is 22.7. The van der Waals surface area contributed by atoms with Crippen molar-refractivity contribution in [1.29, 1.82) is 0 Å². The summed E-state index contributed by atoms with van der Waals surface area (Å²) in [5.74, 6) is 0.716. The van der Waals surface area contributed by atoms with Crippen molar-refractivity contribution in [2.24, 2.45) is 5.92 Å². The van der Waals surface area contributed by atoms with Crippen LogP contribution in [0.15, 0.2) is 24.3 Å². The van der Waals surface area contributed by atoms with Crippen LogP contribution in [0, 0.1) is 5.92 Å². The van der Waals surface area contributed by atoms with E-state index < -0.39 is 0 Å². The quantitative estimate of drug-likeness (QED) is 0.881. The van der Waals surface area contributed by atoms with E-state index >= 15 is 0 Å². The molecule has 18 heavy (non-hydrogen) atoms. The highest BCUT2D eigenvalue weighted by Crippen LogP contribution is 2.29. The van der Waals surface area contributed by atoms with Crippen molar-refractivity contribution in [3.8, 4) is 6.01 Å². The fourth-order valence-corrected chi connectivity index (χ4v) is 2.29. The predicted molar refractivity (Wildman–Crippen MR) is 68.4 cm³/mol. The molecule has 0 spiro atoms. The Morgan fingerprint density at radius 2 is 2.00 bits per heavy atom. The average Bonchev–Trinajstić information content (AvgIpc) is 2.36. The molecule has 0 atom stereocenters. The molecule has 1 aliphatic carbocycles.